The number of aliphatic carboxylic acids is 2. The first-order valence-corrected chi connectivity index (χ1v) is 7.80. The predicted octanol–water partition coefficient (Wildman–Crippen LogP) is -0.543. The van der Waals surface area contributed by atoms with Crippen LogP contribution in [0.2, 0.25) is 0 Å². The SMILES string of the molecule is CC(C)=O.CC(N)=O.CCC(O)C(=O)O.C[N+](C)(C)CC(O)CC(=O)O. The van der Waals surface area contributed by atoms with Crippen LogP contribution in [-0.2, 0) is 19.2 Å². The molecular weight excluding hydrogens is 348 g/mol. The van der Waals surface area contributed by atoms with Crippen molar-refractivity contribution in [3.05, 3.63) is 0 Å². The lowest BCUT2D eigenvalue weighted by molar-refractivity contribution is -0.873. The second-order valence-corrected chi connectivity index (χ2v) is 6.51. The molecule has 0 aromatic rings. The van der Waals surface area contributed by atoms with Crippen LogP contribution >= 0.6 is 0 Å². The molecule has 2 atom stereocenters. The van der Waals surface area contributed by atoms with E-state index in [2.05, 4.69) is 5.73 Å². The second kappa shape index (κ2) is 17.8. The van der Waals surface area contributed by atoms with Gasteiger partial charge in [0.15, 0.2) is 6.10 Å². The fourth-order valence-corrected chi connectivity index (χ4v) is 1.07. The Bertz CT molecular complexity index is 399. The lowest BCUT2D eigenvalue weighted by atomic mass is 10.2. The number of carboxylic acids is 2. The van der Waals surface area contributed by atoms with Crippen LogP contribution in [0.4, 0.5) is 0 Å². The molecule has 0 fully saturated rings. The van der Waals surface area contributed by atoms with Crippen LogP contribution in [0.25, 0.3) is 0 Å². The number of carboxylic acid groups (broad SMARTS) is 2. The standard InChI is InChI=1S/C7H15NO3.C4H8O3.C3H6O.C2H5NO/c1-8(2,3)5-6(9)4-7(10)11;1-2-3(5)4(6)7;1-3(2)4;1-2(3)4/h6,9H,4-5H2,1-3H3;3,5H,2H2,1H3,(H,6,7);1-2H3;1H3,(H2,3,4)/p+1. The van der Waals surface area contributed by atoms with E-state index in [4.69, 9.17) is 20.4 Å². The quantitative estimate of drug-likeness (QED) is 0.380. The number of ketones is 1. The van der Waals surface area contributed by atoms with E-state index in [-0.39, 0.29) is 24.5 Å². The normalized spacial score (nSPS) is 11.7. The van der Waals surface area contributed by atoms with Crippen molar-refractivity contribution in [3.63, 3.8) is 0 Å². The van der Waals surface area contributed by atoms with Gasteiger partial charge in [0.25, 0.3) is 0 Å². The summed E-state index contributed by atoms with van der Waals surface area (Å²) in [6.45, 7) is 6.44. The highest BCUT2D eigenvalue weighted by Gasteiger charge is 2.17. The van der Waals surface area contributed by atoms with Crippen LogP contribution in [0.1, 0.15) is 40.5 Å². The number of hydrogen-bond donors (Lipinski definition) is 5. The van der Waals surface area contributed by atoms with Crippen LogP contribution < -0.4 is 5.73 Å². The van der Waals surface area contributed by atoms with Crippen molar-refractivity contribution in [1.82, 2.24) is 0 Å². The summed E-state index contributed by atoms with van der Waals surface area (Å²) in [4.78, 5) is 38.5. The Morgan fingerprint density at radius 3 is 1.38 bits per heavy atom. The average molecular weight is 383 g/mol. The number of carbonyl (C=O) groups is 4. The molecule has 0 spiro atoms. The zero-order valence-electron chi connectivity index (χ0n) is 16.7. The van der Waals surface area contributed by atoms with Gasteiger partial charge in [0.05, 0.1) is 27.6 Å². The third kappa shape index (κ3) is 57.4. The molecule has 0 aliphatic heterocycles. The van der Waals surface area contributed by atoms with Crippen molar-refractivity contribution >= 4 is 23.6 Å². The number of nitrogens with two attached hydrogens (primary N) is 1. The number of carbonyl (C=O) groups excluding carboxylic acids is 2. The maximum absolute atomic E-state index is 10.1. The molecule has 26 heavy (non-hydrogen) atoms. The van der Waals surface area contributed by atoms with Crippen molar-refractivity contribution in [2.24, 2.45) is 5.73 Å². The number of nitrogens with zero attached hydrogens (tertiary/aromatic N) is 1. The molecule has 2 unspecified atom stereocenters. The molecule has 0 aliphatic carbocycles. The first-order chi connectivity index (χ1) is 11.5. The van der Waals surface area contributed by atoms with Gasteiger partial charge in [-0.05, 0) is 20.3 Å². The van der Waals surface area contributed by atoms with Gasteiger partial charge in [0.2, 0.25) is 5.91 Å². The minimum Gasteiger partial charge on any atom is -0.481 e. The number of aliphatic hydroxyl groups excluding tert-OH is 2. The number of Topliss-reactive ketones (excluding diaryl/α,β-unsaturated/α-hetero) is 1. The number of primary amides is 1. The summed E-state index contributed by atoms with van der Waals surface area (Å²) in [7, 11) is 5.72. The minimum absolute atomic E-state index is 0.167. The summed E-state index contributed by atoms with van der Waals surface area (Å²) in [5.41, 5.74) is 4.47. The highest BCUT2D eigenvalue weighted by atomic mass is 16.4. The van der Waals surface area contributed by atoms with Crippen molar-refractivity contribution in [1.29, 1.82) is 0 Å². The molecular formula is C16H35N2O8+. The van der Waals surface area contributed by atoms with Gasteiger partial charge in [-0.3, -0.25) is 9.59 Å². The average Bonchev–Trinajstić information content (AvgIpc) is 2.33. The first kappa shape index (κ1) is 31.7. The molecule has 0 aromatic heterocycles. The van der Waals surface area contributed by atoms with Crippen LogP contribution in [0, 0.1) is 0 Å². The van der Waals surface area contributed by atoms with Gasteiger partial charge in [0.1, 0.15) is 18.4 Å². The zero-order valence-corrected chi connectivity index (χ0v) is 16.7. The van der Waals surface area contributed by atoms with Gasteiger partial charge in [-0.25, -0.2) is 4.79 Å². The molecule has 10 nitrogen and oxygen atoms in total. The van der Waals surface area contributed by atoms with Crippen LogP contribution in [-0.4, -0.2) is 88.4 Å². The Kier molecular flexibility index (Phi) is 21.7. The molecule has 0 aromatic carbocycles. The monoisotopic (exact) mass is 383 g/mol. The van der Waals surface area contributed by atoms with E-state index >= 15 is 0 Å². The van der Waals surface area contributed by atoms with Crippen LogP contribution in [0.15, 0.2) is 0 Å². The summed E-state index contributed by atoms with van der Waals surface area (Å²) in [5.74, 6) is -2.27. The first-order valence-electron chi connectivity index (χ1n) is 7.80. The van der Waals surface area contributed by atoms with Gasteiger partial charge in [-0.15, -0.1) is 0 Å². The van der Waals surface area contributed by atoms with E-state index in [1.165, 1.54) is 20.8 Å². The van der Waals surface area contributed by atoms with Crippen molar-refractivity contribution in [3.8, 4) is 0 Å². The molecule has 0 bridgehead atoms. The molecule has 0 heterocycles. The molecule has 6 N–H and O–H groups in total. The summed E-state index contributed by atoms with van der Waals surface area (Å²) >= 11 is 0. The third-order valence-corrected chi connectivity index (χ3v) is 1.84. The molecule has 0 saturated carbocycles. The maximum atomic E-state index is 10.1. The molecule has 0 saturated heterocycles. The van der Waals surface area contributed by atoms with Gasteiger partial charge in [-0.2, -0.15) is 0 Å². The van der Waals surface area contributed by atoms with E-state index in [9.17, 15) is 19.2 Å². The lowest BCUT2D eigenvalue weighted by Gasteiger charge is -2.25. The van der Waals surface area contributed by atoms with E-state index in [1.807, 2.05) is 21.1 Å². The van der Waals surface area contributed by atoms with E-state index in [0.717, 1.165) is 0 Å². The number of hydrogen-bond acceptors (Lipinski definition) is 6. The lowest BCUT2D eigenvalue weighted by Crippen LogP contribution is -2.42. The molecule has 0 rings (SSSR count). The zero-order chi connectivity index (χ0) is 22.1. The largest absolute Gasteiger partial charge is 0.481 e. The number of rotatable bonds is 6. The Labute approximate surface area is 154 Å². The second-order valence-electron chi connectivity index (χ2n) is 6.51. The summed E-state index contributed by atoms with van der Waals surface area (Å²) in [6.07, 6.45) is -1.82. The van der Waals surface area contributed by atoms with Crippen molar-refractivity contribution < 1.29 is 44.1 Å². The number of aliphatic hydroxyl groups is 2. The smallest absolute Gasteiger partial charge is 0.332 e. The summed E-state index contributed by atoms with van der Waals surface area (Å²) < 4.78 is 0.578. The Morgan fingerprint density at radius 2 is 1.27 bits per heavy atom. The molecule has 10 heteroatoms. The highest BCUT2D eigenvalue weighted by molar-refractivity contribution is 5.72. The fraction of sp³-hybridized carbons (Fsp3) is 0.750. The topological polar surface area (TPSA) is 175 Å². The minimum atomic E-state index is -1.18. The van der Waals surface area contributed by atoms with Crippen LogP contribution in [0.5, 0.6) is 0 Å². The predicted molar refractivity (Wildman–Crippen MR) is 96.3 cm³/mol. The van der Waals surface area contributed by atoms with Gasteiger partial charge in [0, 0.05) is 6.92 Å². The number of quaternary nitrogens is 1. The highest BCUT2D eigenvalue weighted by Crippen LogP contribution is 1.98. The Hall–Kier alpha value is -2.04. The van der Waals surface area contributed by atoms with Gasteiger partial charge in [-0.1, -0.05) is 6.92 Å². The molecule has 0 radical (unpaired) electrons. The maximum Gasteiger partial charge on any atom is 0.332 e. The molecule has 1 amide bonds. The van der Waals surface area contributed by atoms with E-state index < -0.39 is 24.1 Å². The Balaban J connectivity index is -0.000000138. The number of amides is 1. The van der Waals surface area contributed by atoms with Crippen LogP contribution in [0.3, 0.4) is 0 Å². The van der Waals surface area contributed by atoms with E-state index in [1.54, 1.807) is 6.92 Å². The fourth-order valence-electron chi connectivity index (χ4n) is 1.07. The number of likely N-dealkylation sites (N-methyl/N-ethyl adjacent to an activating group) is 1. The third-order valence-electron chi connectivity index (χ3n) is 1.84. The Morgan fingerprint density at radius 1 is 0.962 bits per heavy atom. The van der Waals surface area contributed by atoms with E-state index in [0.29, 0.717) is 11.0 Å². The molecule has 0 aliphatic rings. The van der Waals surface area contributed by atoms with Crippen molar-refractivity contribution in [2.75, 3.05) is 27.7 Å². The summed E-state index contributed by atoms with van der Waals surface area (Å²) in [6, 6.07) is 0. The van der Waals surface area contributed by atoms with Crippen molar-refractivity contribution in [2.45, 2.75) is 52.7 Å². The summed E-state index contributed by atoms with van der Waals surface area (Å²) in [5, 5.41) is 33.7. The van der Waals surface area contributed by atoms with Gasteiger partial charge >= 0.3 is 11.9 Å². The van der Waals surface area contributed by atoms with Gasteiger partial charge < -0.3 is 35.4 Å². The molecule has 156 valence electrons.